The molecule has 114 valence electrons. The minimum absolute atomic E-state index is 0.00612. The summed E-state index contributed by atoms with van der Waals surface area (Å²) in [6.07, 6.45) is 2.91. The van der Waals surface area contributed by atoms with Gasteiger partial charge in [0.1, 0.15) is 5.82 Å². The van der Waals surface area contributed by atoms with Gasteiger partial charge in [0.2, 0.25) is 0 Å². The van der Waals surface area contributed by atoms with Gasteiger partial charge < -0.3 is 0 Å². The second-order valence-electron chi connectivity index (χ2n) is 5.73. The lowest BCUT2D eigenvalue weighted by molar-refractivity contribution is 0.211. The maximum absolute atomic E-state index is 12.0. The van der Waals surface area contributed by atoms with Gasteiger partial charge in [-0.1, -0.05) is 0 Å². The van der Waals surface area contributed by atoms with E-state index in [0.717, 1.165) is 43.9 Å². The van der Waals surface area contributed by atoms with Crippen LogP contribution in [0.5, 0.6) is 0 Å². The van der Waals surface area contributed by atoms with Crippen molar-refractivity contribution in [3.05, 3.63) is 32.4 Å². The Balaban J connectivity index is 1.69. The van der Waals surface area contributed by atoms with E-state index >= 15 is 0 Å². The normalized spacial score (nSPS) is 18.8. The highest BCUT2D eigenvalue weighted by atomic mass is 32.1. The molecule has 0 saturated carbocycles. The smallest absolute Gasteiger partial charge is 0.298 e. The lowest BCUT2D eigenvalue weighted by atomic mass is 10.1. The zero-order valence-corrected chi connectivity index (χ0v) is 13.6. The molecule has 0 aliphatic carbocycles. The van der Waals surface area contributed by atoms with Gasteiger partial charge in [-0.3, -0.25) is 9.47 Å². The van der Waals surface area contributed by atoms with Crippen molar-refractivity contribution in [1.82, 2.24) is 24.2 Å². The van der Waals surface area contributed by atoms with Crippen molar-refractivity contribution in [3.8, 4) is 0 Å². The van der Waals surface area contributed by atoms with E-state index in [-0.39, 0.29) is 5.69 Å². The van der Waals surface area contributed by atoms with Crippen molar-refractivity contribution < 1.29 is 0 Å². The summed E-state index contributed by atoms with van der Waals surface area (Å²) in [5, 5.41) is 4.34. The van der Waals surface area contributed by atoms with E-state index in [0.29, 0.717) is 6.04 Å². The average Bonchev–Trinajstić information content (AvgIpc) is 2.88. The molecule has 0 amide bonds. The Morgan fingerprint density at radius 3 is 3.00 bits per heavy atom. The Kier molecular flexibility index (Phi) is 3.95. The molecule has 0 bridgehead atoms. The molecule has 0 radical (unpaired) electrons. The summed E-state index contributed by atoms with van der Waals surface area (Å²) in [5.74, 6) is 0.923. The predicted molar refractivity (Wildman–Crippen MR) is 82.5 cm³/mol. The first-order chi connectivity index (χ1) is 10.1. The largest absolute Gasteiger partial charge is 0.345 e. The third-order valence-corrected chi connectivity index (χ3v) is 5.25. The van der Waals surface area contributed by atoms with E-state index in [1.54, 1.807) is 18.4 Å². The molecule has 2 aromatic heterocycles. The van der Waals surface area contributed by atoms with Gasteiger partial charge in [-0.2, -0.15) is 5.10 Å². The van der Waals surface area contributed by atoms with Crippen molar-refractivity contribution in [1.29, 1.82) is 0 Å². The minimum atomic E-state index is 0.00612. The van der Waals surface area contributed by atoms with Crippen LogP contribution in [0.4, 0.5) is 0 Å². The number of aromatic nitrogens is 4. The Morgan fingerprint density at radius 1 is 1.48 bits per heavy atom. The number of hydrogen-bond acceptors (Lipinski definition) is 5. The third-order valence-electron chi connectivity index (χ3n) is 4.33. The molecule has 0 spiro atoms. The molecule has 21 heavy (non-hydrogen) atoms. The maximum Gasteiger partial charge on any atom is 0.345 e. The van der Waals surface area contributed by atoms with Crippen molar-refractivity contribution in [3.63, 3.8) is 0 Å². The van der Waals surface area contributed by atoms with Crippen LogP contribution in [0.3, 0.4) is 0 Å². The lowest BCUT2D eigenvalue weighted by Gasteiger charge is -2.26. The molecule has 2 aromatic rings. The van der Waals surface area contributed by atoms with E-state index in [1.807, 2.05) is 10.1 Å². The van der Waals surface area contributed by atoms with E-state index in [9.17, 15) is 4.79 Å². The molecule has 7 heteroatoms. The SMILES string of the molecule is Cc1ncsc1CN(C)[C@H]1CCc2nn(C)c(=O)n2CC1. The van der Waals surface area contributed by atoms with Crippen molar-refractivity contribution in [2.45, 2.75) is 45.3 Å². The number of nitrogens with zero attached hydrogens (tertiary/aromatic N) is 5. The third kappa shape index (κ3) is 2.80. The van der Waals surface area contributed by atoms with Gasteiger partial charge in [0.05, 0.1) is 11.2 Å². The Bertz CT molecular complexity index is 686. The van der Waals surface area contributed by atoms with Crippen LogP contribution >= 0.6 is 11.3 Å². The summed E-state index contributed by atoms with van der Waals surface area (Å²) >= 11 is 1.72. The van der Waals surface area contributed by atoms with Gasteiger partial charge >= 0.3 is 5.69 Å². The standard InChI is InChI=1S/C14H21N5OS/c1-10-12(21-9-15-10)8-17(2)11-4-5-13-16-18(3)14(20)19(13)7-6-11/h9,11H,4-8H2,1-3H3/t11-/m0/s1. The highest BCUT2D eigenvalue weighted by molar-refractivity contribution is 7.09. The summed E-state index contributed by atoms with van der Waals surface area (Å²) in [6, 6.07) is 0.484. The predicted octanol–water partition coefficient (Wildman–Crippen LogP) is 1.18. The summed E-state index contributed by atoms with van der Waals surface area (Å²) in [5.41, 5.74) is 3.04. The van der Waals surface area contributed by atoms with E-state index in [2.05, 4.69) is 29.0 Å². The van der Waals surface area contributed by atoms with E-state index < -0.39 is 0 Å². The number of rotatable bonds is 3. The monoisotopic (exact) mass is 307 g/mol. The molecule has 0 N–H and O–H groups in total. The van der Waals surface area contributed by atoms with Crippen molar-refractivity contribution in [2.24, 2.45) is 7.05 Å². The highest BCUT2D eigenvalue weighted by Gasteiger charge is 2.23. The molecular weight excluding hydrogens is 286 g/mol. The van der Waals surface area contributed by atoms with Gasteiger partial charge in [0.15, 0.2) is 0 Å². The quantitative estimate of drug-likeness (QED) is 0.854. The van der Waals surface area contributed by atoms with Crippen molar-refractivity contribution in [2.75, 3.05) is 7.05 Å². The zero-order chi connectivity index (χ0) is 15.0. The fraction of sp³-hybridized carbons (Fsp3) is 0.643. The van der Waals surface area contributed by atoms with Crippen LogP contribution in [0, 0.1) is 6.92 Å². The maximum atomic E-state index is 12.0. The van der Waals surface area contributed by atoms with Crippen LogP contribution in [0.15, 0.2) is 10.3 Å². The summed E-state index contributed by atoms with van der Waals surface area (Å²) in [4.78, 5) is 20.0. The highest BCUT2D eigenvalue weighted by Crippen LogP contribution is 2.20. The second kappa shape index (κ2) is 5.73. The van der Waals surface area contributed by atoms with Crippen LogP contribution in [0.1, 0.15) is 29.2 Å². The number of thiazole rings is 1. The Labute approximate surface area is 128 Å². The van der Waals surface area contributed by atoms with Gasteiger partial charge in [0, 0.05) is 37.5 Å². The van der Waals surface area contributed by atoms with Crippen LogP contribution in [0.25, 0.3) is 0 Å². The number of aryl methyl sites for hydroxylation is 3. The minimum Gasteiger partial charge on any atom is -0.298 e. The summed E-state index contributed by atoms with van der Waals surface area (Å²) in [6.45, 7) is 3.76. The van der Waals surface area contributed by atoms with Crippen LogP contribution in [-0.4, -0.2) is 37.3 Å². The molecule has 1 atom stereocenters. The first-order valence-corrected chi connectivity index (χ1v) is 8.16. The fourth-order valence-electron chi connectivity index (χ4n) is 2.96. The van der Waals surface area contributed by atoms with Crippen molar-refractivity contribution >= 4 is 11.3 Å². The molecule has 1 aliphatic rings. The molecule has 6 nitrogen and oxygen atoms in total. The van der Waals surface area contributed by atoms with Gasteiger partial charge in [-0.05, 0) is 26.8 Å². The first kappa shape index (κ1) is 14.5. The molecular formula is C14H21N5OS. The number of hydrogen-bond donors (Lipinski definition) is 0. The van der Waals surface area contributed by atoms with Crippen LogP contribution < -0.4 is 5.69 Å². The molecule has 1 aliphatic heterocycles. The summed E-state index contributed by atoms with van der Waals surface area (Å²) < 4.78 is 3.27. The van der Waals surface area contributed by atoms with Gasteiger partial charge in [-0.15, -0.1) is 11.3 Å². The topological polar surface area (TPSA) is 56.0 Å². The van der Waals surface area contributed by atoms with Crippen LogP contribution in [0.2, 0.25) is 0 Å². The van der Waals surface area contributed by atoms with Gasteiger partial charge in [0.25, 0.3) is 0 Å². The van der Waals surface area contributed by atoms with E-state index in [1.165, 1.54) is 9.56 Å². The average molecular weight is 307 g/mol. The van der Waals surface area contributed by atoms with Crippen LogP contribution in [-0.2, 0) is 26.6 Å². The fourth-order valence-corrected chi connectivity index (χ4v) is 3.80. The zero-order valence-electron chi connectivity index (χ0n) is 12.7. The first-order valence-electron chi connectivity index (χ1n) is 7.28. The Morgan fingerprint density at radius 2 is 2.29 bits per heavy atom. The molecule has 3 heterocycles. The Hall–Kier alpha value is -1.47. The molecule has 0 aromatic carbocycles. The van der Waals surface area contributed by atoms with E-state index in [4.69, 9.17) is 0 Å². The summed E-state index contributed by atoms with van der Waals surface area (Å²) in [7, 11) is 3.89. The molecule has 0 saturated heterocycles. The molecule has 3 rings (SSSR count). The second-order valence-corrected chi connectivity index (χ2v) is 6.67. The molecule has 0 fully saturated rings. The number of fused-ring (bicyclic) bond motifs is 1. The lowest BCUT2D eigenvalue weighted by Crippen LogP contribution is -2.32. The molecule has 0 unspecified atom stereocenters. The van der Waals surface area contributed by atoms with Gasteiger partial charge in [-0.25, -0.2) is 14.5 Å².